The Kier molecular flexibility index (Phi) is 21.6. The van der Waals surface area contributed by atoms with E-state index >= 15 is 0 Å². The molecule has 1 aliphatic heterocycles. The van der Waals surface area contributed by atoms with Crippen LogP contribution >= 0.6 is 23.5 Å². The topological polar surface area (TPSA) is 302 Å². The van der Waals surface area contributed by atoms with Crippen LogP contribution in [-0.2, 0) is 31.6 Å². The zero-order valence-corrected chi connectivity index (χ0v) is 32.8. The third kappa shape index (κ3) is 13.1. The van der Waals surface area contributed by atoms with Gasteiger partial charge in [0, 0.05) is 6.54 Å². The summed E-state index contributed by atoms with van der Waals surface area (Å²) >= 11 is 0. The minimum absolute atomic E-state index is 0. The molecule has 1 fully saturated rings. The molecule has 2 unspecified atom stereocenters. The van der Waals surface area contributed by atoms with Gasteiger partial charge in [0.15, 0.2) is 23.2 Å². The summed E-state index contributed by atoms with van der Waals surface area (Å²) < 4.78 is 50.9. The van der Waals surface area contributed by atoms with Gasteiger partial charge in [-0.25, -0.2) is 19.3 Å². The number of imidazole rings is 1. The van der Waals surface area contributed by atoms with E-state index in [2.05, 4.69) is 33.4 Å². The van der Waals surface area contributed by atoms with Gasteiger partial charge in [0.2, 0.25) is 0 Å². The fraction of sp³-hybridized carbons (Fsp3) is 0.643. The maximum absolute atomic E-state index is 11.7. The Hall–Kier alpha value is 2.60. The van der Waals surface area contributed by atoms with Crippen molar-refractivity contribution in [1.82, 2.24) is 19.5 Å². The number of unbranched alkanes of at least 4 members (excludes halogenated alkanes) is 1. The van der Waals surface area contributed by atoms with E-state index in [1.54, 1.807) is 0 Å². The molecule has 19 nitrogen and oxygen atoms in total. The first kappa shape index (κ1) is 44.7. The summed E-state index contributed by atoms with van der Waals surface area (Å²) in [5.41, 5.74) is 5.97. The number of nitrogens with one attached hydrogen (secondary N) is 1. The zero-order valence-electron chi connectivity index (χ0n) is 22.1. The van der Waals surface area contributed by atoms with Crippen LogP contribution in [0, 0.1) is 0 Å². The molecule has 26 heteroatoms. The molecular weight excluding hydrogens is 645 g/mol. The van der Waals surface area contributed by atoms with Gasteiger partial charge >= 0.3 is 118 Å². The number of phosphoric ester groups is 1. The summed E-state index contributed by atoms with van der Waals surface area (Å²) in [5.74, 6) is 0.387. The molecule has 204 valence electrons. The number of ether oxygens (including phenoxy) is 1. The second-order valence-corrected chi connectivity index (χ2v) is 11.6. The van der Waals surface area contributed by atoms with E-state index in [9.17, 15) is 43.5 Å². The summed E-state index contributed by atoms with van der Waals surface area (Å²) in [6, 6.07) is 0. The summed E-state index contributed by atoms with van der Waals surface area (Å²) in [4.78, 5) is 56.1. The van der Waals surface area contributed by atoms with Gasteiger partial charge in [0.25, 0.3) is 15.6 Å². The van der Waals surface area contributed by atoms with E-state index in [0.29, 0.717) is 24.4 Å². The van der Waals surface area contributed by atoms with Gasteiger partial charge in [-0.3, -0.25) is 18.0 Å². The van der Waals surface area contributed by atoms with Crippen LogP contribution in [-0.4, -0.2) is 67.7 Å². The van der Waals surface area contributed by atoms with E-state index in [1.165, 1.54) is 17.2 Å². The second kappa shape index (κ2) is 19.3. The van der Waals surface area contributed by atoms with Crippen LogP contribution in [0.5, 0.6) is 0 Å². The molecule has 0 radical (unpaired) electrons. The van der Waals surface area contributed by atoms with E-state index in [0.717, 1.165) is 12.8 Å². The Labute approximate surface area is 316 Å². The Morgan fingerprint density at radius 3 is 2.23 bits per heavy atom. The number of aliphatic hydroxyl groups is 2. The van der Waals surface area contributed by atoms with Crippen molar-refractivity contribution in [2.75, 3.05) is 25.0 Å². The predicted octanol–water partition coefficient (Wildman–Crippen LogP) is -15.6. The van der Waals surface area contributed by atoms with Gasteiger partial charge in [-0.2, -0.15) is 0 Å². The number of nitrogens with zero attached hydrogens (tertiary/aromatic N) is 4. The van der Waals surface area contributed by atoms with Crippen LogP contribution in [0.2, 0.25) is 0 Å². The van der Waals surface area contributed by atoms with E-state index < -0.39 is 54.6 Å². The normalized spacial score (nSPS) is 23.5. The first-order valence-electron chi connectivity index (χ1n) is 10.1. The van der Waals surface area contributed by atoms with E-state index in [1.807, 2.05) is 0 Å². The smallest absolute Gasteiger partial charge is 0.790 e. The maximum Gasteiger partial charge on any atom is 1.00 e. The Morgan fingerprint density at radius 1 is 0.975 bits per heavy atom. The molecule has 2 aromatic heterocycles. The number of fused-ring (bicyclic) bond motifs is 1. The number of rotatable bonds is 13. The molecule has 5 N–H and O–H groups in total. The van der Waals surface area contributed by atoms with Crippen LogP contribution in [0.25, 0.3) is 11.2 Å². The van der Waals surface area contributed by atoms with E-state index in [-0.39, 0.29) is 124 Å². The number of aromatic nitrogens is 4. The first-order valence-corrected chi connectivity index (χ1v) is 14.5. The van der Waals surface area contributed by atoms with Gasteiger partial charge in [0.1, 0.15) is 24.6 Å². The molecule has 0 amide bonds. The molecule has 40 heavy (non-hydrogen) atoms. The fourth-order valence-electron chi connectivity index (χ4n) is 3.19. The third-order valence-electron chi connectivity index (χ3n) is 4.69. The Balaban J connectivity index is 0. The average molecular weight is 666 g/mol. The Bertz CT molecular complexity index is 1210. The second-order valence-electron chi connectivity index (χ2n) is 7.32. The van der Waals surface area contributed by atoms with Crippen molar-refractivity contribution >= 4 is 40.4 Å². The summed E-state index contributed by atoms with van der Waals surface area (Å²) in [6.07, 6.45) is -2.21. The van der Waals surface area contributed by atoms with Crippen molar-refractivity contribution < 1.29 is 180 Å². The van der Waals surface area contributed by atoms with Crippen LogP contribution in [0.15, 0.2) is 12.7 Å². The molecule has 0 bridgehead atoms. The molecule has 6 atom stereocenters. The molecule has 3 heterocycles. The summed E-state index contributed by atoms with van der Waals surface area (Å²) in [6.45, 7) is 0.00797. The number of aliphatic hydroxyl groups excluding tert-OH is 2. The molecule has 1 aliphatic rings. The number of nitrogens with two attached hydrogens (primary N) is 1. The molecule has 2 aromatic rings. The van der Waals surface area contributed by atoms with Crippen molar-refractivity contribution in [1.29, 1.82) is 0 Å². The van der Waals surface area contributed by atoms with Gasteiger partial charge in [0.05, 0.1) is 20.8 Å². The third-order valence-corrected chi connectivity index (χ3v) is 8.36. The number of hydrogen-bond donors (Lipinski definition) is 4. The number of anilines is 1. The summed E-state index contributed by atoms with van der Waals surface area (Å²) in [5, 5.41) is 23.8. The molecular formula is C14H21N6Na4O13P3. The molecule has 1 saturated heterocycles. The van der Waals surface area contributed by atoms with Crippen LogP contribution in [0.1, 0.15) is 19.1 Å². The van der Waals surface area contributed by atoms with Gasteiger partial charge in [-0.1, -0.05) is 0 Å². The van der Waals surface area contributed by atoms with Gasteiger partial charge in [-0.05, 0) is 19.4 Å². The fourth-order valence-corrected chi connectivity index (χ4v) is 6.05. The largest absolute Gasteiger partial charge is 1.00 e. The van der Waals surface area contributed by atoms with Crippen molar-refractivity contribution in [2.24, 2.45) is 5.73 Å². The monoisotopic (exact) mass is 666 g/mol. The van der Waals surface area contributed by atoms with Crippen molar-refractivity contribution in [3.8, 4) is 0 Å². The quantitative estimate of drug-likeness (QED) is 0.0876. The van der Waals surface area contributed by atoms with Crippen LogP contribution < -0.4 is 149 Å². The molecule has 0 spiro atoms. The molecule has 0 aromatic carbocycles. The average Bonchev–Trinajstić information content (AvgIpc) is 3.29. The number of phosphoric acid groups is 3. The first-order chi connectivity index (χ1) is 16.7. The minimum Gasteiger partial charge on any atom is -0.790 e. The standard InChI is InChI=1S/C14H25N6O13P3.4Na/c15-3-1-2-4-16-12-9-13(18-6-17-12)20(7-19-9)14-11(22)10(21)8(31-14)5-30-35(26,27)33-36(28,29)32-34(23,24)25;;;;/h6-8,10-11,14,21-22H,1-5,15H2,(H,26,27)(H,28,29)(H,16,17,18)(H2,23,24,25);;;;/q;4*+1/p-4/t8-,10-,11-,14-;;;;/m1..../s1. The van der Waals surface area contributed by atoms with Crippen molar-refractivity contribution in [2.45, 2.75) is 37.4 Å². The van der Waals surface area contributed by atoms with Gasteiger partial charge < -0.3 is 54.7 Å². The predicted molar refractivity (Wildman–Crippen MR) is 109 cm³/mol. The maximum atomic E-state index is 11.7. The minimum atomic E-state index is -6.15. The molecule has 0 aliphatic carbocycles. The van der Waals surface area contributed by atoms with Crippen LogP contribution in [0.4, 0.5) is 5.82 Å². The molecule has 3 rings (SSSR count). The van der Waals surface area contributed by atoms with Crippen LogP contribution in [0.3, 0.4) is 0 Å². The SMILES string of the molecule is NCCCCNc1ncnc2c1ncn2[C@@H]1O[C@H](COP(=O)([O-])OP(=O)([O-])OP(=O)([O-])[O-])[C@@H](O)[C@H]1O.[Na+].[Na+].[Na+].[Na+]. The van der Waals surface area contributed by atoms with Crippen molar-refractivity contribution in [3.05, 3.63) is 12.7 Å². The van der Waals surface area contributed by atoms with E-state index in [4.69, 9.17) is 10.5 Å². The van der Waals surface area contributed by atoms with Gasteiger partial charge in [-0.15, -0.1) is 0 Å². The number of hydrogen-bond acceptors (Lipinski definition) is 18. The summed E-state index contributed by atoms with van der Waals surface area (Å²) in [7, 11) is -18.1. The zero-order chi connectivity index (χ0) is 26.7. The van der Waals surface area contributed by atoms with Crippen molar-refractivity contribution in [3.63, 3.8) is 0 Å². The molecule has 0 saturated carbocycles. The Morgan fingerprint density at radius 2 is 1.62 bits per heavy atom.